The summed E-state index contributed by atoms with van der Waals surface area (Å²) in [7, 11) is 0. The zero-order valence-electron chi connectivity index (χ0n) is 11.1. The molecule has 0 heterocycles. The molecule has 3 aromatic carbocycles. The fraction of sp³-hybridized carbons (Fsp3) is 0.176. The normalized spacial score (nSPS) is 12.7. The standard InChI is InChI=1S/C17H17NO2/c19-11-14(20)10-18-17-15-7-3-1-5-12(15)9-13-6-2-4-8-16(13)17/h1-9,14,18-20H,10-11H2. The van der Waals surface area contributed by atoms with Gasteiger partial charge >= 0.3 is 0 Å². The number of hydrogen-bond acceptors (Lipinski definition) is 3. The first-order valence-electron chi connectivity index (χ1n) is 6.73. The van der Waals surface area contributed by atoms with E-state index in [2.05, 4.69) is 35.6 Å². The molecule has 1 unspecified atom stereocenters. The number of aliphatic hydroxyl groups is 2. The van der Waals surface area contributed by atoms with Crippen molar-refractivity contribution in [3.05, 3.63) is 54.6 Å². The van der Waals surface area contributed by atoms with Gasteiger partial charge < -0.3 is 15.5 Å². The molecule has 0 aliphatic carbocycles. The zero-order chi connectivity index (χ0) is 13.9. The Bertz CT molecular complexity index is 685. The minimum absolute atomic E-state index is 0.240. The van der Waals surface area contributed by atoms with Crippen LogP contribution in [0.1, 0.15) is 0 Å². The van der Waals surface area contributed by atoms with Gasteiger partial charge in [-0.2, -0.15) is 0 Å². The zero-order valence-corrected chi connectivity index (χ0v) is 11.1. The Hall–Kier alpha value is -2.10. The highest BCUT2D eigenvalue weighted by Crippen LogP contribution is 2.32. The van der Waals surface area contributed by atoms with Gasteiger partial charge in [0, 0.05) is 23.0 Å². The van der Waals surface area contributed by atoms with E-state index in [0.29, 0.717) is 6.54 Å². The van der Waals surface area contributed by atoms with Crippen molar-refractivity contribution < 1.29 is 10.2 Å². The summed E-state index contributed by atoms with van der Waals surface area (Å²) in [5, 5.41) is 26.3. The smallest absolute Gasteiger partial charge is 0.0942 e. The molecule has 0 spiro atoms. The summed E-state index contributed by atoms with van der Waals surface area (Å²) < 4.78 is 0. The van der Waals surface area contributed by atoms with Crippen LogP contribution in [0.4, 0.5) is 5.69 Å². The van der Waals surface area contributed by atoms with E-state index in [1.165, 1.54) is 0 Å². The van der Waals surface area contributed by atoms with Gasteiger partial charge in [0.25, 0.3) is 0 Å². The largest absolute Gasteiger partial charge is 0.394 e. The molecule has 3 heteroatoms. The van der Waals surface area contributed by atoms with E-state index in [9.17, 15) is 5.11 Å². The molecule has 0 amide bonds. The number of anilines is 1. The van der Waals surface area contributed by atoms with Gasteiger partial charge in [0.15, 0.2) is 0 Å². The van der Waals surface area contributed by atoms with Gasteiger partial charge in [0.2, 0.25) is 0 Å². The van der Waals surface area contributed by atoms with Gasteiger partial charge in [-0.25, -0.2) is 0 Å². The number of fused-ring (bicyclic) bond motifs is 2. The summed E-state index contributed by atoms with van der Waals surface area (Å²) in [5.41, 5.74) is 1.01. The Balaban J connectivity index is 2.17. The fourth-order valence-electron chi connectivity index (χ4n) is 2.49. The number of rotatable bonds is 4. The maximum atomic E-state index is 9.55. The molecule has 3 aromatic rings. The first kappa shape index (κ1) is 12.9. The van der Waals surface area contributed by atoms with E-state index in [0.717, 1.165) is 27.2 Å². The van der Waals surface area contributed by atoms with Crippen LogP contribution in [0.3, 0.4) is 0 Å². The van der Waals surface area contributed by atoms with Crippen LogP contribution in [0.2, 0.25) is 0 Å². The number of hydrogen-bond donors (Lipinski definition) is 3. The maximum absolute atomic E-state index is 9.55. The second-order valence-electron chi connectivity index (χ2n) is 4.91. The van der Waals surface area contributed by atoms with Crippen LogP contribution < -0.4 is 5.32 Å². The van der Waals surface area contributed by atoms with Crippen LogP contribution in [-0.4, -0.2) is 29.5 Å². The topological polar surface area (TPSA) is 52.5 Å². The molecule has 20 heavy (non-hydrogen) atoms. The average molecular weight is 267 g/mol. The molecule has 0 aromatic heterocycles. The summed E-state index contributed by atoms with van der Waals surface area (Å²) >= 11 is 0. The van der Waals surface area contributed by atoms with E-state index in [4.69, 9.17) is 5.11 Å². The molecule has 0 radical (unpaired) electrons. The monoisotopic (exact) mass is 267 g/mol. The van der Waals surface area contributed by atoms with Crippen molar-refractivity contribution in [1.82, 2.24) is 0 Å². The second kappa shape index (κ2) is 5.49. The van der Waals surface area contributed by atoms with Crippen LogP contribution in [0.5, 0.6) is 0 Å². The minimum atomic E-state index is -0.757. The molecule has 0 aliphatic rings. The van der Waals surface area contributed by atoms with Crippen molar-refractivity contribution in [3.63, 3.8) is 0 Å². The summed E-state index contributed by atoms with van der Waals surface area (Å²) in [4.78, 5) is 0. The highest BCUT2D eigenvalue weighted by Gasteiger charge is 2.08. The first-order chi connectivity index (χ1) is 9.79. The third kappa shape index (κ3) is 2.33. The summed E-state index contributed by atoms with van der Waals surface area (Å²) in [5.74, 6) is 0. The SMILES string of the molecule is OCC(O)CNc1c2ccccc2cc2ccccc12. The quantitative estimate of drug-likeness (QED) is 0.637. The molecule has 0 aliphatic heterocycles. The van der Waals surface area contributed by atoms with Crippen molar-refractivity contribution in [2.75, 3.05) is 18.5 Å². The van der Waals surface area contributed by atoms with Gasteiger partial charge in [-0.1, -0.05) is 48.5 Å². The van der Waals surface area contributed by atoms with E-state index in [1.54, 1.807) is 0 Å². The van der Waals surface area contributed by atoms with Crippen molar-refractivity contribution in [2.45, 2.75) is 6.10 Å². The van der Waals surface area contributed by atoms with Crippen LogP contribution in [0.25, 0.3) is 21.5 Å². The predicted octanol–water partition coefficient (Wildman–Crippen LogP) is 2.76. The predicted molar refractivity (Wildman–Crippen MR) is 83.0 cm³/mol. The van der Waals surface area contributed by atoms with Gasteiger partial charge in [-0.05, 0) is 16.8 Å². The lowest BCUT2D eigenvalue weighted by Crippen LogP contribution is -2.23. The van der Waals surface area contributed by atoms with E-state index < -0.39 is 6.10 Å². The van der Waals surface area contributed by atoms with E-state index >= 15 is 0 Å². The fourth-order valence-corrected chi connectivity index (χ4v) is 2.49. The molecule has 3 nitrogen and oxygen atoms in total. The van der Waals surface area contributed by atoms with E-state index in [-0.39, 0.29) is 6.61 Å². The third-order valence-corrected chi connectivity index (χ3v) is 3.50. The average Bonchev–Trinajstić information content (AvgIpc) is 2.51. The summed E-state index contributed by atoms with van der Waals surface area (Å²) in [6, 6.07) is 18.5. The number of benzene rings is 3. The second-order valence-corrected chi connectivity index (χ2v) is 4.91. The Morgan fingerprint density at radius 1 is 0.900 bits per heavy atom. The summed E-state index contributed by atoms with van der Waals surface area (Å²) in [6.07, 6.45) is -0.757. The molecule has 102 valence electrons. The van der Waals surface area contributed by atoms with Crippen molar-refractivity contribution in [2.24, 2.45) is 0 Å². The highest BCUT2D eigenvalue weighted by molar-refractivity contribution is 6.10. The van der Waals surface area contributed by atoms with Gasteiger partial charge in [0.05, 0.1) is 12.7 Å². The Labute approximate surface area is 117 Å². The Morgan fingerprint density at radius 2 is 1.45 bits per heavy atom. The van der Waals surface area contributed by atoms with E-state index in [1.807, 2.05) is 24.3 Å². The minimum Gasteiger partial charge on any atom is -0.394 e. The third-order valence-electron chi connectivity index (χ3n) is 3.50. The van der Waals surface area contributed by atoms with Crippen LogP contribution in [0, 0.1) is 0 Å². The Kier molecular flexibility index (Phi) is 3.54. The summed E-state index contributed by atoms with van der Waals surface area (Å²) in [6.45, 7) is 0.0875. The van der Waals surface area contributed by atoms with Crippen molar-refractivity contribution in [1.29, 1.82) is 0 Å². The van der Waals surface area contributed by atoms with Crippen LogP contribution in [0.15, 0.2) is 54.6 Å². The highest BCUT2D eigenvalue weighted by atomic mass is 16.3. The van der Waals surface area contributed by atoms with Crippen LogP contribution >= 0.6 is 0 Å². The lowest BCUT2D eigenvalue weighted by atomic mass is 10.0. The molecular formula is C17H17NO2. The lowest BCUT2D eigenvalue weighted by molar-refractivity contribution is 0.105. The molecule has 0 fully saturated rings. The molecule has 3 N–H and O–H groups in total. The molecule has 3 rings (SSSR count). The molecule has 0 bridgehead atoms. The Morgan fingerprint density at radius 3 is 2.00 bits per heavy atom. The number of aliphatic hydroxyl groups excluding tert-OH is 2. The molecular weight excluding hydrogens is 250 g/mol. The van der Waals surface area contributed by atoms with Crippen LogP contribution in [-0.2, 0) is 0 Å². The molecule has 0 saturated carbocycles. The molecule has 1 atom stereocenters. The maximum Gasteiger partial charge on any atom is 0.0942 e. The first-order valence-corrected chi connectivity index (χ1v) is 6.73. The van der Waals surface area contributed by atoms with Gasteiger partial charge in [-0.15, -0.1) is 0 Å². The van der Waals surface area contributed by atoms with Gasteiger partial charge in [0.1, 0.15) is 0 Å². The van der Waals surface area contributed by atoms with Crippen molar-refractivity contribution in [3.8, 4) is 0 Å². The molecule has 0 saturated heterocycles. The lowest BCUT2D eigenvalue weighted by Gasteiger charge is -2.15. The van der Waals surface area contributed by atoms with Gasteiger partial charge in [-0.3, -0.25) is 0 Å². The number of nitrogens with one attached hydrogen (secondary N) is 1. The van der Waals surface area contributed by atoms with Crippen molar-refractivity contribution >= 4 is 27.2 Å².